The van der Waals surface area contributed by atoms with Crippen LogP contribution in [0.15, 0.2) is 6.20 Å². The molecule has 5 nitrogen and oxygen atoms in total. The standard InChI is InChI=1S/C19H34N4O/c1-5-6-9-22(4)14-17-13-20-21-19(17)16-7-10-23(11-8-16)18(24)12-15(2)3/h13,15-16H,5-12,14H2,1-4H3,(H,20,21). The Hall–Kier alpha value is -1.36. The van der Waals surface area contributed by atoms with Gasteiger partial charge in [0.15, 0.2) is 0 Å². The van der Waals surface area contributed by atoms with Crippen molar-refractivity contribution in [1.29, 1.82) is 0 Å². The number of hydrogen-bond acceptors (Lipinski definition) is 3. The second kappa shape index (κ2) is 9.21. The van der Waals surface area contributed by atoms with Crippen LogP contribution in [0.2, 0.25) is 0 Å². The van der Waals surface area contributed by atoms with Crippen LogP contribution in [0.4, 0.5) is 0 Å². The predicted octanol–water partition coefficient (Wildman–Crippen LogP) is 3.39. The van der Waals surface area contributed by atoms with Crippen molar-refractivity contribution in [3.8, 4) is 0 Å². The first-order chi connectivity index (χ1) is 11.5. The number of aromatic amines is 1. The summed E-state index contributed by atoms with van der Waals surface area (Å²) in [6, 6.07) is 0. The minimum Gasteiger partial charge on any atom is -0.343 e. The third-order valence-corrected chi connectivity index (χ3v) is 4.92. The van der Waals surface area contributed by atoms with E-state index in [1.807, 2.05) is 11.1 Å². The van der Waals surface area contributed by atoms with Gasteiger partial charge < -0.3 is 9.80 Å². The van der Waals surface area contributed by atoms with Gasteiger partial charge in [-0.1, -0.05) is 27.2 Å². The van der Waals surface area contributed by atoms with Crippen LogP contribution in [0.5, 0.6) is 0 Å². The van der Waals surface area contributed by atoms with E-state index in [-0.39, 0.29) is 0 Å². The lowest BCUT2D eigenvalue weighted by molar-refractivity contribution is -0.133. The van der Waals surface area contributed by atoms with E-state index in [0.717, 1.165) is 39.0 Å². The van der Waals surface area contributed by atoms with Crippen molar-refractivity contribution in [3.05, 3.63) is 17.5 Å². The van der Waals surface area contributed by atoms with Gasteiger partial charge in [-0.25, -0.2) is 0 Å². The summed E-state index contributed by atoms with van der Waals surface area (Å²) in [6.45, 7) is 10.3. The number of amides is 1. The highest BCUT2D eigenvalue weighted by molar-refractivity contribution is 5.76. The first kappa shape index (κ1) is 19.0. The SMILES string of the molecule is CCCCN(C)Cc1cn[nH]c1C1CCN(C(=O)CC(C)C)CC1. The number of nitrogens with one attached hydrogen (secondary N) is 1. The molecule has 2 rings (SSSR count). The number of aromatic nitrogens is 2. The van der Waals surface area contributed by atoms with Crippen LogP contribution in [0.25, 0.3) is 0 Å². The highest BCUT2D eigenvalue weighted by Crippen LogP contribution is 2.29. The second-order valence-electron chi connectivity index (χ2n) is 7.65. The van der Waals surface area contributed by atoms with E-state index in [1.54, 1.807) is 0 Å². The van der Waals surface area contributed by atoms with E-state index in [0.29, 0.717) is 24.2 Å². The lowest BCUT2D eigenvalue weighted by Crippen LogP contribution is -2.38. The fourth-order valence-electron chi connectivity index (χ4n) is 3.49. The normalized spacial score (nSPS) is 16.3. The zero-order chi connectivity index (χ0) is 17.5. The number of hydrogen-bond donors (Lipinski definition) is 1. The fraction of sp³-hybridized carbons (Fsp3) is 0.789. The number of H-pyrrole nitrogens is 1. The average molecular weight is 335 g/mol. The molecule has 136 valence electrons. The summed E-state index contributed by atoms with van der Waals surface area (Å²) in [5.41, 5.74) is 2.61. The van der Waals surface area contributed by atoms with Gasteiger partial charge in [0, 0.05) is 43.2 Å². The molecule has 0 bridgehead atoms. The molecule has 0 saturated carbocycles. The van der Waals surface area contributed by atoms with Crippen LogP contribution in [0.3, 0.4) is 0 Å². The lowest BCUT2D eigenvalue weighted by atomic mass is 9.91. The molecule has 1 amide bonds. The predicted molar refractivity (Wildman–Crippen MR) is 97.8 cm³/mol. The first-order valence-corrected chi connectivity index (χ1v) is 9.49. The fourth-order valence-corrected chi connectivity index (χ4v) is 3.49. The molecule has 1 aromatic rings. The number of piperidine rings is 1. The van der Waals surface area contributed by atoms with Gasteiger partial charge in [-0.2, -0.15) is 5.10 Å². The molecule has 1 fully saturated rings. The van der Waals surface area contributed by atoms with Gasteiger partial charge in [0.2, 0.25) is 5.91 Å². The number of likely N-dealkylation sites (tertiary alicyclic amines) is 1. The smallest absolute Gasteiger partial charge is 0.222 e. The summed E-state index contributed by atoms with van der Waals surface area (Å²) in [6.07, 6.45) is 7.19. The molecule has 0 aliphatic carbocycles. The largest absolute Gasteiger partial charge is 0.343 e. The number of carbonyl (C=O) groups excluding carboxylic acids is 1. The number of carbonyl (C=O) groups is 1. The second-order valence-corrected chi connectivity index (χ2v) is 7.65. The third kappa shape index (κ3) is 5.33. The summed E-state index contributed by atoms with van der Waals surface area (Å²) < 4.78 is 0. The molecular formula is C19H34N4O. The van der Waals surface area contributed by atoms with Gasteiger partial charge in [-0.05, 0) is 38.8 Å². The molecule has 0 aromatic carbocycles. The Morgan fingerprint density at radius 3 is 2.75 bits per heavy atom. The van der Waals surface area contributed by atoms with Crippen molar-refractivity contribution in [2.24, 2.45) is 5.92 Å². The van der Waals surface area contributed by atoms with Gasteiger partial charge in [0.25, 0.3) is 0 Å². The molecule has 0 atom stereocenters. The Labute approximate surface area is 146 Å². The molecule has 5 heteroatoms. The van der Waals surface area contributed by atoms with Crippen molar-refractivity contribution in [2.45, 2.75) is 65.3 Å². The first-order valence-electron chi connectivity index (χ1n) is 9.49. The zero-order valence-electron chi connectivity index (χ0n) is 15.8. The van der Waals surface area contributed by atoms with Gasteiger partial charge in [0.05, 0.1) is 6.20 Å². The Morgan fingerprint density at radius 2 is 2.12 bits per heavy atom. The molecule has 1 aromatic heterocycles. The van der Waals surface area contributed by atoms with Crippen molar-refractivity contribution >= 4 is 5.91 Å². The molecule has 1 N–H and O–H groups in total. The summed E-state index contributed by atoms with van der Waals surface area (Å²) in [5.74, 6) is 1.26. The van der Waals surface area contributed by atoms with Crippen LogP contribution in [-0.2, 0) is 11.3 Å². The van der Waals surface area contributed by atoms with Crippen molar-refractivity contribution in [2.75, 3.05) is 26.7 Å². The Morgan fingerprint density at radius 1 is 1.42 bits per heavy atom. The third-order valence-electron chi connectivity index (χ3n) is 4.92. The van der Waals surface area contributed by atoms with Crippen LogP contribution < -0.4 is 0 Å². The van der Waals surface area contributed by atoms with E-state index in [9.17, 15) is 4.79 Å². The summed E-state index contributed by atoms with van der Waals surface area (Å²) in [5, 5.41) is 7.53. The maximum absolute atomic E-state index is 12.2. The zero-order valence-corrected chi connectivity index (χ0v) is 15.8. The molecule has 1 saturated heterocycles. The molecule has 1 aliphatic heterocycles. The Kier molecular flexibility index (Phi) is 7.28. The van der Waals surface area contributed by atoms with Crippen LogP contribution in [0.1, 0.15) is 70.1 Å². The lowest BCUT2D eigenvalue weighted by Gasteiger charge is -2.32. The molecule has 24 heavy (non-hydrogen) atoms. The summed E-state index contributed by atoms with van der Waals surface area (Å²) in [4.78, 5) is 16.6. The highest BCUT2D eigenvalue weighted by Gasteiger charge is 2.26. The molecule has 0 spiro atoms. The maximum atomic E-state index is 12.2. The van der Waals surface area contributed by atoms with Gasteiger partial charge in [0.1, 0.15) is 0 Å². The highest BCUT2D eigenvalue weighted by atomic mass is 16.2. The number of nitrogens with zero attached hydrogens (tertiary/aromatic N) is 3. The minimum absolute atomic E-state index is 0.313. The van der Waals surface area contributed by atoms with E-state index in [1.165, 1.54) is 24.1 Å². The Balaban J connectivity index is 1.88. The van der Waals surface area contributed by atoms with E-state index in [4.69, 9.17) is 0 Å². The maximum Gasteiger partial charge on any atom is 0.222 e. The van der Waals surface area contributed by atoms with Gasteiger partial charge in [-0.15, -0.1) is 0 Å². The summed E-state index contributed by atoms with van der Waals surface area (Å²) >= 11 is 0. The monoisotopic (exact) mass is 334 g/mol. The number of rotatable bonds is 8. The van der Waals surface area contributed by atoms with Crippen LogP contribution >= 0.6 is 0 Å². The van der Waals surface area contributed by atoms with E-state index in [2.05, 4.69) is 42.9 Å². The Bertz CT molecular complexity index is 503. The van der Waals surface area contributed by atoms with E-state index < -0.39 is 0 Å². The molecule has 0 radical (unpaired) electrons. The molecular weight excluding hydrogens is 300 g/mol. The minimum atomic E-state index is 0.313. The summed E-state index contributed by atoms with van der Waals surface area (Å²) in [7, 11) is 2.18. The topological polar surface area (TPSA) is 52.2 Å². The quantitative estimate of drug-likeness (QED) is 0.793. The van der Waals surface area contributed by atoms with Crippen molar-refractivity contribution in [1.82, 2.24) is 20.0 Å². The van der Waals surface area contributed by atoms with Crippen LogP contribution in [-0.4, -0.2) is 52.6 Å². The van der Waals surface area contributed by atoms with E-state index >= 15 is 0 Å². The van der Waals surface area contributed by atoms with Crippen molar-refractivity contribution in [3.63, 3.8) is 0 Å². The van der Waals surface area contributed by atoms with Gasteiger partial charge in [-0.3, -0.25) is 9.89 Å². The molecule has 2 heterocycles. The van der Waals surface area contributed by atoms with Crippen molar-refractivity contribution < 1.29 is 4.79 Å². The van der Waals surface area contributed by atoms with Crippen LogP contribution in [0, 0.1) is 5.92 Å². The number of unbranched alkanes of at least 4 members (excludes halogenated alkanes) is 1. The van der Waals surface area contributed by atoms with Gasteiger partial charge >= 0.3 is 0 Å². The average Bonchev–Trinajstić information content (AvgIpc) is 3.00. The molecule has 0 unspecified atom stereocenters. The molecule has 1 aliphatic rings.